The van der Waals surface area contributed by atoms with E-state index in [1.807, 2.05) is 26.0 Å². The standard InChI is InChI=1S/C13H12ClN3O3/c1-8(2)9-5-3-4-6-11(9)20-12-10(17(18)19)7-15-13(14)16-12/h3-8H,1-2H3. The van der Waals surface area contributed by atoms with Crippen molar-refractivity contribution < 1.29 is 9.66 Å². The molecule has 2 aromatic rings. The smallest absolute Gasteiger partial charge is 0.349 e. The Morgan fingerprint density at radius 3 is 2.70 bits per heavy atom. The van der Waals surface area contributed by atoms with Crippen molar-refractivity contribution >= 4 is 17.3 Å². The average Bonchev–Trinajstić information content (AvgIpc) is 2.38. The topological polar surface area (TPSA) is 78.2 Å². The highest BCUT2D eigenvalue weighted by molar-refractivity contribution is 6.28. The van der Waals surface area contributed by atoms with Crippen LogP contribution in [0.1, 0.15) is 25.3 Å². The second kappa shape index (κ2) is 5.83. The lowest BCUT2D eigenvalue weighted by Crippen LogP contribution is -2.00. The maximum absolute atomic E-state index is 10.9. The number of hydrogen-bond acceptors (Lipinski definition) is 5. The fourth-order valence-corrected chi connectivity index (χ4v) is 1.82. The molecule has 0 spiro atoms. The van der Waals surface area contributed by atoms with Crippen molar-refractivity contribution in [3.8, 4) is 11.6 Å². The molecule has 0 aliphatic heterocycles. The van der Waals surface area contributed by atoms with Crippen LogP contribution in [0.3, 0.4) is 0 Å². The average molecular weight is 294 g/mol. The van der Waals surface area contributed by atoms with E-state index in [1.165, 1.54) is 0 Å². The molecule has 0 saturated heterocycles. The molecule has 0 radical (unpaired) electrons. The molecule has 1 heterocycles. The summed E-state index contributed by atoms with van der Waals surface area (Å²) in [5, 5.41) is 10.8. The summed E-state index contributed by atoms with van der Waals surface area (Å²) in [6, 6.07) is 7.29. The van der Waals surface area contributed by atoms with Gasteiger partial charge in [0, 0.05) is 0 Å². The Labute approximate surface area is 120 Å². The highest BCUT2D eigenvalue weighted by Gasteiger charge is 2.20. The van der Waals surface area contributed by atoms with E-state index in [2.05, 4.69) is 9.97 Å². The molecule has 1 aromatic heterocycles. The van der Waals surface area contributed by atoms with Crippen molar-refractivity contribution in [2.24, 2.45) is 0 Å². The first-order valence-electron chi connectivity index (χ1n) is 5.92. The van der Waals surface area contributed by atoms with Gasteiger partial charge in [-0.3, -0.25) is 10.1 Å². The van der Waals surface area contributed by atoms with Crippen LogP contribution in [0.4, 0.5) is 5.69 Å². The van der Waals surface area contributed by atoms with Gasteiger partial charge in [0.15, 0.2) is 0 Å². The summed E-state index contributed by atoms with van der Waals surface area (Å²) in [6.45, 7) is 4.01. The quantitative estimate of drug-likeness (QED) is 0.484. The van der Waals surface area contributed by atoms with Gasteiger partial charge in [-0.05, 0) is 29.1 Å². The largest absolute Gasteiger partial charge is 0.433 e. The molecular weight excluding hydrogens is 282 g/mol. The monoisotopic (exact) mass is 293 g/mol. The van der Waals surface area contributed by atoms with Crippen LogP contribution in [0.2, 0.25) is 5.28 Å². The van der Waals surface area contributed by atoms with Crippen LogP contribution in [0, 0.1) is 10.1 Å². The van der Waals surface area contributed by atoms with Crippen LogP contribution in [-0.2, 0) is 0 Å². The van der Waals surface area contributed by atoms with E-state index in [0.29, 0.717) is 5.75 Å². The van der Waals surface area contributed by atoms with Crippen LogP contribution in [0.25, 0.3) is 0 Å². The highest BCUT2D eigenvalue weighted by Crippen LogP contribution is 2.33. The molecule has 1 aromatic carbocycles. The van der Waals surface area contributed by atoms with E-state index in [4.69, 9.17) is 16.3 Å². The number of para-hydroxylation sites is 1. The number of benzene rings is 1. The Kier molecular flexibility index (Phi) is 4.14. The molecule has 6 nitrogen and oxygen atoms in total. The lowest BCUT2D eigenvalue weighted by atomic mass is 10.0. The van der Waals surface area contributed by atoms with Crippen molar-refractivity contribution in [1.82, 2.24) is 9.97 Å². The fraction of sp³-hybridized carbons (Fsp3) is 0.231. The summed E-state index contributed by atoms with van der Waals surface area (Å²) in [4.78, 5) is 17.7. The summed E-state index contributed by atoms with van der Waals surface area (Å²) in [6.07, 6.45) is 1.03. The minimum Gasteiger partial charge on any atom is -0.433 e. The maximum Gasteiger partial charge on any atom is 0.349 e. The Morgan fingerprint density at radius 1 is 1.35 bits per heavy atom. The third kappa shape index (κ3) is 3.03. The minimum absolute atomic E-state index is 0.104. The first-order valence-corrected chi connectivity index (χ1v) is 6.30. The second-order valence-electron chi connectivity index (χ2n) is 4.38. The SMILES string of the molecule is CC(C)c1ccccc1Oc1nc(Cl)ncc1[N+](=O)[O-]. The van der Waals surface area contributed by atoms with Crippen molar-refractivity contribution in [2.75, 3.05) is 0 Å². The summed E-state index contributed by atoms with van der Waals surface area (Å²) < 4.78 is 5.57. The Morgan fingerprint density at radius 2 is 2.05 bits per heavy atom. The number of rotatable bonds is 4. The van der Waals surface area contributed by atoms with Crippen molar-refractivity contribution in [3.05, 3.63) is 51.4 Å². The van der Waals surface area contributed by atoms with E-state index < -0.39 is 4.92 Å². The van der Waals surface area contributed by atoms with E-state index >= 15 is 0 Å². The van der Waals surface area contributed by atoms with E-state index in [0.717, 1.165) is 11.8 Å². The lowest BCUT2D eigenvalue weighted by Gasteiger charge is -2.12. The molecule has 0 amide bonds. The van der Waals surface area contributed by atoms with Gasteiger partial charge in [0.1, 0.15) is 11.9 Å². The zero-order chi connectivity index (χ0) is 14.7. The molecular formula is C13H12ClN3O3. The van der Waals surface area contributed by atoms with Crippen LogP contribution in [0.15, 0.2) is 30.5 Å². The molecule has 0 saturated carbocycles. The third-order valence-electron chi connectivity index (χ3n) is 2.65. The minimum atomic E-state index is -0.607. The first-order chi connectivity index (χ1) is 9.49. The van der Waals surface area contributed by atoms with Crippen molar-refractivity contribution in [2.45, 2.75) is 19.8 Å². The van der Waals surface area contributed by atoms with Crippen LogP contribution >= 0.6 is 11.6 Å². The number of nitrogens with zero attached hydrogens (tertiary/aromatic N) is 3. The lowest BCUT2D eigenvalue weighted by molar-refractivity contribution is -0.386. The van der Waals surface area contributed by atoms with Gasteiger partial charge in [0.05, 0.1) is 4.92 Å². The van der Waals surface area contributed by atoms with Crippen LogP contribution in [0.5, 0.6) is 11.6 Å². The van der Waals surface area contributed by atoms with Gasteiger partial charge in [-0.2, -0.15) is 4.98 Å². The number of halogens is 1. The Hall–Kier alpha value is -2.21. The van der Waals surface area contributed by atoms with Gasteiger partial charge >= 0.3 is 11.6 Å². The van der Waals surface area contributed by atoms with Gasteiger partial charge in [0.2, 0.25) is 5.28 Å². The molecule has 7 heteroatoms. The summed E-state index contributed by atoms with van der Waals surface area (Å²) in [5.41, 5.74) is 0.601. The highest BCUT2D eigenvalue weighted by atomic mass is 35.5. The van der Waals surface area contributed by atoms with Gasteiger partial charge < -0.3 is 4.74 Å². The van der Waals surface area contributed by atoms with Crippen molar-refractivity contribution in [1.29, 1.82) is 0 Å². The van der Waals surface area contributed by atoms with Crippen LogP contribution in [-0.4, -0.2) is 14.9 Å². The molecule has 0 aliphatic carbocycles. The summed E-state index contributed by atoms with van der Waals surface area (Å²) in [5.74, 6) is 0.561. The van der Waals surface area contributed by atoms with E-state index in [1.54, 1.807) is 12.1 Å². The molecule has 0 N–H and O–H groups in total. The molecule has 0 atom stereocenters. The first kappa shape index (κ1) is 14.2. The number of nitro groups is 1. The molecule has 20 heavy (non-hydrogen) atoms. The Bertz CT molecular complexity index is 647. The predicted molar refractivity (Wildman–Crippen MR) is 74.3 cm³/mol. The van der Waals surface area contributed by atoms with Crippen LogP contribution < -0.4 is 4.74 Å². The van der Waals surface area contributed by atoms with Gasteiger partial charge in [-0.1, -0.05) is 32.0 Å². The summed E-state index contributed by atoms with van der Waals surface area (Å²) >= 11 is 5.67. The number of hydrogen-bond donors (Lipinski definition) is 0. The fourth-order valence-electron chi connectivity index (χ4n) is 1.69. The predicted octanol–water partition coefficient (Wildman–Crippen LogP) is 3.95. The zero-order valence-corrected chi connectivity index (χ0v) is 11.7. The molecule has 2 rings (SSSR count). The van der Waals surface area contributed by atoms with Gasteiger partial charge in [0.25, 0.3) is 0 Å². The normalized spacial score (nSPS) is 10.6. The molecule has 0 bridgehead atoms. The molecule has 0 aliphatic rings. The zero-order valence-electron chi connectivity index (χ0n) is 10.9. The molecule has 0 fully saturated rings. The molecule has 104 valence electrons. The molecule has 0 unspecified atom stereocenters. The maximum atomic E-state index is 10.9. The van der Waals surface area contributed by atoms with Gasteiger partial charge in [-0.25, -0.2) is 4.98 Å². The number of aromatic nitrogens is 2. The Balaban J connectivity index is 2.45. The summed E-state index contributed by atoms with van der Waals surface area (Å²) in [7, 11) is 0. The van der Waals surface area contributed by atoms with E-state index in [-0.39, 0.29) is 22.8 Å². The number of ether oxygens (including phenoxy) is 1. The van der Waals surface area contributed by atoms with Gasteiger partial charge in [-0.15, -0.1) is 0 Å². The van der Waals surface area contributed by atoms with Crippen molar-refractivity contribution in [3.63, 3.8) is 0 Å². The third-order valence-corrected chi connectivity index (χ3v) is 2.83. The second-order valence-corrected chi connectivity index (χ2v) is 4.72. The van der Waals surface area contributed by atoms with E-state index in [9.17, 15) is 10.1 Å².